The number of thioether (sulfide) groups is 1. The van der Waals surface area contributed by atoms with Crippen LogP contribution < -0.4 is 10.6 Å². The minimum absolute atomic E-state index is 0.139. The number of aryl methyl sites for hydroxylation is 3. The van der Waals surface area contributed by atoms with Crippen LogP contribution in [0.15, 0.2) is 23.2 Å². The number of nitrogens with one attached hydrogen (secondary N) is 2. The van der Waals surface area contributed by atoms with Crippen molar-refractivity contribution in [3.8, 4) is 0 Å². The fourth-order valence-electron chi connectivity index (χ4n) is 2.56. The van der Waals surface area contributed by atoms with E-state index in [9.17, 15) is 9.59 Å². The molecule has 3 amide bonds. The number of fused-ring (bicyclic) bond motifs is 1. The van der Waals surface area contributed by atoms with E-state index in [1.807, 2.05) is 40.7 Å². The van der Waals surface area contributed by atoms with E-state index >= 15 is 0 Å². The number of nitrogens with zero attached hydrogens (tertiary/aromatic N) is 1. The molecule has 6 heteroatoms. The van der Waals surface area contributed by atoms with Gasteiger partial charge in [-0.2, -0.15) is 0 Å². The Labute approximate surface area is 153 Å². The van der Waals surface area contributed by atoms with Gasteiger partial charge in [-0.05, 0) is 64.8 Å². The molecule has 1 heterocycles. The molecule has 0 spiro atoms. The van der Waals surface area contributed by atoms with Crippen LogP contribution in [-0.4, -0.2) is 28.2 Å². The number of amides is 3. The number of imide groups is 1. The Kier molecular flexibility index (Phi) is 5.72. The summed E-state index contributed by atoms with van der Waals surface area (Å²) in [7, 11) is 0. The average Bonchev–Trinajstić information content (AvgIpc) is 2.44. The zero-order chi connectivity index (χ0) is 18.8. The van der Waals surface area contributed by atoms with Crippen LogP contribution in [0.2, 0.25) is 0 Å². The van der Waals surface area contributed by atoms with Gasteiger partial charge in [0.15, 0.2) is 0 Å². The molecule has 134 valence electrons. The van der Waals surface area contributed by atoms with Crippen LogP contribution in [0.3, 0.4) is 0 Å². The van der Waals surface area contributed by atoms with Gasteiger partial charge in [0.25, 0.3) is 0 Å². The van der Waals surface area contributed by atoms with Crippen molar-refractivity contribution in [1.29, 1.82) is 0 Å². The third-order valence-electron chi connectivity index (χ3n) is 3.52. The number of carbonyl (C=O) groups is 2. The number of urea groups is 1. The Bertz CT molecular complexity index is 826. The first-order chi connectivity index (χ1) is 11.5. The smallest absolute Gasteiger partial charge is 0.321 e. The predicted molar refractivity (Wildman–Crippen MR) is 103 cm³/mol. The van der Waals surface area contributed by atoms with Gasteiger partial charge in [0.1, 0.15) is 0 Å². The molecule has 2 aromatic rings. The number of carbonyl (C=O) groups excluding carboxylic acids is 2. The van der Waals surface area contributed by atoms with Crippen LogP contribution in [0, 0.1) is 20.8 Å². The Balaban J connectivity index is 2.06. The van der Waals surface area contributed by atoms with Crippen LogP contribution >= 0.6 is 11.8 Å². The monoisotopic (exact) mass is 359 g/mol. The standard InChI is InChI=1S/C19H25N3O2S/c1-11-7-13(3)17-14(8-11)12(2)9-16(21-17)25-10-15(23)20-18(24)22-19(4,5)6/h7-9H,10H2,1-6H3,(H2,20,22,23,24). The highest BCUT2D eigenvalue weighted by atomic mass is 32.2. The van der Waals surface area contributed by atoms with Gasteiger partial charge in [-0.15, -0.1) is 0 Å². The van der Waals surface area contributed by atoms with Crippen LogP contribution in [-0.2, 0) is 4.79 Å². The first-order valence-electron chi connectivity index (χ1n) is 8.18. The molecule has 0 aliphatic carbocycles. The van der Waals surface area contributed by atoms with Crippen LogP contribution in [0.1, 0.15) is 37.5 Å². The van der Waals surface area contributed by atoms with Crippen LogP contribution in [0.4, 0.5) is 4.79 Å². The third-order valence-corrected chi connectivity index (χ3v) is 4.44. The number of rotatable bonds is 3. The zero-order valence-corrected chi connectivity index (χ0v) is 16.4. The van der Waals surface area contributed by atoms with E-state index in [1.54, 1.807) is 0 Å². The second kappa shape index (κ2) is 7.44. The van der Waals surface area contributed by atoms with Gasteiger partial charge in [0.2, 0.25) is 5.91 Å². The summed E-state index contributed by atoms with van der Waals surface area (Å²) in [5.41, 5.74) is 4.03. The fourth-order valence-corrected chi connectivity index (χ4v) is 3.33. The first kappa shape index (κ1) is 19.2. The Morgan fingerprint density at radius 2 is 1.76 bits per heavy atom. The molecule has 0 aliphatic rings. The van der Waals surface area contributed by atoms with Crippen molar-refractivity contribution in [2.75, 3.05) is 5.75 Å². The predicted octanol–water partition coefficient (Wildman–Crippen LogP) is 3.88. The van der Waals surface area contributed by atoms with Gasteiger partial charge in [-0.3, -0.25) is 10.1 Å². The summed E-state index contributed by atoms with van der Waals surface area (Å²) in [5, 5.41) is 6.95. The molecule has 0 radical (unpaired) electrons. The molecule has 0 unspecified atom stereocenters. The second-order valence-electron chi connectivity index (χ2n) is 7.30. The molecule has 0 bridgehead atoms. The van der Waals surface area contributed by atoms with Crippen LogP contribution in [0.25, 0.3) is 10.9 Å². The maximum Gasteiger partial charge on any atom is 0.321 e. The summed E-state index contributed by atoms with van der Waals surface area (Å²) < 4.78 is 0. The van der Waals surface area contributed by atoms with E-state index in [0.29, 0.717) is 0 Å². The maximum atomic E-state index is 12.0. The average molecular weight is 359 g/mol. The van der Waals surface area contributed by atoms with E-state index in [2.05, 4.69) is 34.7 Å². The van der Waals surface area contributed by atoms with Crippen molar-refractivity contribution in [2.24, 2.45) is 0 Å². The molecular formula is C19H25N3O2S. The molecular weight excluding hydrogens is 334 g/mol. The molecule has 1 aromatic carbocycles. The Morgan fingerprint density at radius 1 is 1.08 bits per heavy atom. The summed E-state index contributed by atoms with van der Waals surface area (Å²) in [6.45, 7) is 11.7. The van der Waals surface area contributed by atoms with Crippen molar-refractivity contribution in [2.45, 2.75) is 52.1 Å². The zero-order valence-electron chi connectivity index (χ0n) is 15.6. The van der Waals surface area contributed by atoms with Gasteiger partial charge in [0.05, 0.1) is 16.3 Å². The highest BCUT2D eigenvalue weighted by Crippen LogP contribution is 2.26. The molecule has 0 saturated carbocycles. The topological polar surface area (TPSA) is 71.1 Å². The number of hydrogen-bond donors (Lipinski definition) is 2. The summed E-state index contributed by atoms with van der Waals surface area (Å²) in [4.78, 5) is 28.3. The fraction of sp³-hybridized carbons (Fsp3) is 0.421. The summed E-state index contributed by atoms with van der Waals surface area (Å²) in [5.74, 6) is -0.202. The molecule has 0 atom stereocenters. The lowest BCUT2D eigenvalue weighted by Crippen LogP contribution is -2.48. The molecule has 5 nitrogen and oxygen atoms in total. The minimum Gasteiger partial charge on any atom is -0.333 e. The Hall–Kier alpha value is -2.08. The SMILES string of the molecule is Cc1cc(C)c2nc(SCC(=O)NC(=O)NC(C)(C)C)cc(C)c2c1. The number of pyridine rings is 1. The molecule has 1 aromatic heterocycles. The van der Waals surface area contributed by atoms with Gasteiger partial charge >= 0.3 is 6.03 Å². The molecule has 0 saturated heterocycles. The van der Waals surface area contributed by atoms with Gasteiger partial charge in [-0.25, -0.2) is 9.78 Å². The quantitative estimate of drug-likeness (QED) is 0.816. The lowest BCUT2D eigenvalue weighted by atomic mass is 10.0. The van der Waals surface area contributed by atoms with Gasteiger partial charge in [-0.1, -0.05) is 23.4 Å². The van der Waals surface area contributed by atoms with Crippen LogP contribution in [0.5, 0.6) is 0 Å². The lowest BCUT2D eigenvalue weighted by Gasteiger charge is -2.20. The highest BCUT2D eigenvalue weighted by molar-refractivity contribution is 7.99. The summed E-state index contributed by atoms with van der Waals surface area (Å²) in [6.07, 6.45) is 0. The van der Waals surface area contributed by atoms with Gasteiger partial charge in [0, 0.05) is 10.9 Å². The van der Waals surface area contributed by atoms with Crippen molar-refractivity contribution in [1.82, 2.24) is 15.6 Å². The van der Waals surface area contributed by atoms with Gasteiger partial charge < -0.3 is 5.32 Å². The van der Waals surface area contributed by atoms with E-state index in [4.69, 9.17) is 0 Å². The molecule has 0 aliphatic heterocycles. The van der Waals surface area contributed by atoms with E-state index < -0.39 is 6.03 Å². The normalized spacial score (nSPS) is 11.4. The van der Waals surface area contributed by atoms with Crippen molar-refractivity contribution in [3.05, 3.63) is 34.9 Å². The Morgan fingerprint density at radius 3 is 2.40 bits per heavy atom. The second-order valence-corrected chi connectivity index (χ2v) is 8.29. The van der Waals surface area contributed by atoms with Crippen molar-refractivity contribution in [3.63, 3.8) is 0 Å². The van der Waals surface area contributed by atoms with Crippen molar-refractivity contribution < 1.29 is 9.59 Å². The van der Waals surface area contributed by atoms with E-state index in [-0.39, 0.29) is 17.2 Å². The highest BCUT2D eigenvalue weighted by Gasteiger charge is 2.16. The number of aromatic nitrogens is 1. The lowest BCUT2D eigenvalue weighted by molar-refractivity contribution is -0.117. The largest absolute Gasteiger partial charge is 0.333 e. The van der Waals surface area contributed by atoms with Crippen molar-refractivity contribution >= 4 is 34.6 Å². The maximum absolute atomic E-state index is 12.0. The minimum atomic E-state index is -0.480. The first-order valence-corrected chi connectivity index (χ1v) is 9.17. The summed E-state index contributed by atoms with van der Waals surface area (Å²) in [6, 6.07) is 5.73. The number of benzene rings is 1. The van der Waals surface area contributed by atoms with E-state index in [0.717, 1.165) is 27.1 Å². The van der Waals surface area contributed by atoms with E-state index in [1.165, 1.54) is 17.3 Å². The molecule has 0 fully saturated rings. The molecule has 25 heavy (non-hydrogen) atoms. The molecule has 2 N–H and O–H groups in total. The third kappa shape index (κ3) is 5.46. The number of hydrogen-bond acceptors (Lipinski definition) is 4. The molecule has 2 rings (SSSR count). The summed E-state index contributed by atoms with van der Waals surface area (Å²) >= 11 is 1.33.